The van der Waals surface area contributed by atoms with Crippen molar-refractivity contribution in [1.82, 2.24) is 19.8 Å². The first-order valence-electron chi connectivity index (χ1n) is 11.3. The molecule has 2 fully saturated rings. The van der Waals surface area contributed by atoms with Gasteiger partial charge in [0, 0.05) is 44.9 Å². The molecule has 1 N–H and O–H groups in total. The highest BCUT2D eigenvalue weighted by atomic mass is 19.1. The van der Waals surface area contributed by atoms with Gasteiger partial charge in [-0.3, -0.25) is 9.69 Å². The highest BCUT2D eigenvalue weighted by Crippen LogP contribution is 2.24. The van der Waals surface area contributed by atoms with E-state index in [9.17, 15) is 9.18 Å². The Hall–Kier alpha value is -2.98. The highest BCUT2D eigenvalue weighted by molar-refractivity contribution is 5.73. The Balaban J connectivity index is 1.34. The molecule has 0 saturated carbocycles. The van der Waals surface area contributed by atoms with Crippen LogP contribution in [0.3, 0.4) is 0 Å². The van der Waals surface area contributed by atoms with Crippen LogP contribution in [-0.2, 0) is 9.53 Å². The quantitative estimate of drug-likeness (QED) is 0.644. The van der Waals surface area contributed by atoms with E-state index in [0.717, 1.165) is 63.3 Å². The summed E-state index contributed by atoms with van der Waals surface area (Å²) in [5.41, 5.74) is 0.719. The summed E-state index contributed by atoms with van der Waals surface area (Å²) in [6.45, 7) is 7.42. The molecular weight excluding hydrogens is 429 g/mol. The number of halogens is 1. The van der Waals surface area contributed by atoms with Crippen LogP contribution >= 0.6 is 0 Å². The number of aromatic nitrogens is 2. The van der Waals surface area contributed by atoms with Gasteiger partial charge in [0.15, 0.2) is 0 Å². The number of nitrogens with zero attached hydrogens (tertiary/aromatic N) is 4. The van der Waals surface area contributed by atoms with Crippen molar-refractivity contribution in [2.45, 2.75) is 25.9 Å². The summed E-state index contributed by atoms with van der Waals surface area (Å²) >= 11 is 0. The molecule has 2 aliphatic heterocycles. The van der Waals surface area contributed by atoms with Crippen LogP contribution in [0.15, 0.2) is 30.5 Å². The second-order valence-corrected chi connectivity index (χ2v) is 8.15. The number of nitrogens with one attached hydrogen (secondary N) is 1. The van der Waals surface area contributed by atoms with Crippen LogP contribution in [0.4, 0.5) is 16.0 Å². The summed E-state index contributed by atoms with van der Waals surface area (Å²) in [4.78, 5) is 23.9. The number of amides is 1. The monoisotopic (exact) mass is 459 g/mol. The number of carbonyl (C=O) groups excluding carboxylic acids is 1. The van der Waals surface area contributed by atoms with E-state index >= 15 is 0 Å². The van der Waals surface area contributed by atoms with Gasteiger partial charge in [0.25, 0.3) is 5.88 Å². The Morgan fingerprint density at radius 3 is 2.97 bits per heavy atom. The average molecular weight is 460 g/mol. The Morgan fingerprint density at radius 2 is 2.15 bits per heavy atom. The fraction of sp³-hybridized carbons (Fsp3) is 0.522. The van der Waals surface area contributed by atoms with Crippen molar-refractivity contribution >= 4 is 17.5 Å². The predicted molar refractivity (Wildman–Crippen MR) is 120 cm³/mol. The number of hydrogen-bond acceptors (Lipinski definition) is 8. The van der Waals surface area contributed by atoms with E-state index in [1.807, 2.05) is 24.3 Å². The van der Waals surface area contributed by atoms with Crippen molar-refractivity contribution in [3.8, 4) is 11.6 Å². The van der Waals surface area contributed by atoms with Crippen molar-refractivity contribution in [3.63, 3.8) is 0 Å². The molecule has 0 aliphatic carbocycles. The maximum absolute atomic E-state index is 14.3. The number of piperidine rings is 1. The van der Waals surface area contributed by atoms with Crippen LogP contribution in [0.5, 0.6) is 11.6 Å². The average Bonchev–Trinajstić information content (AvgIpc) is 2.82. The fourth-order valence-electron chi connectivity index (χ4n) is 3.88. The van der Waals surface area contributed by atoms with Crippen LogP contribution in [-0.4, -0.2) is 84.3 Å². The van der Waals surface area contributed by atoms with Crippen molar-refractivity contribution in [3.05, 3.63) is 36.3 Å². The molecule has 1 aromatic carbocycles. The van der Waals surface area contributed by atoms with Crippen molar-refractivity contribution < 1.29 is 23.4 Å². The van der Waals surface area contributed by atoms with Gasteiger partial charge in [0.05, 0.1) is 26.0 Å². The fourth-order valence-corrected chi connectivity index (χ4v) is 3.88. The highest BCUT2D eigenvalue weighted by Gasteiger charge is 2.24. The third-order valence-corrected chi connectivity index (χ3v) is 5.68. The molecule has 33 heavy (non-hydrogen) atoms. The zero-order valence-corrected chi connectivity index (χ0v) is 18.8. The molecule has 0 unspecified atom stereocenters. The van der Waals surface area contributed by atoms with Gasteiger partial charge in [-0.25, -0.2) is 4.98 Å². The summed E-state index contributed by atoms with van der Waals surface area (Å²) in [7, 11) is 0. The van der Waals surface area contributed by atoms with E-state index in [-0.39, 0.29) is 23.8 Å². The van der Waals surface area contributed by atoms with E-state index < -0.39 is 5.82 Å². The van der Waals surface area contributed by atoms with Gasteiger partial charge in [0.1, 0.15) is 18.5 Å². The third kappa shape index (κ3) is 6.75. The Morgan fingerprint density at radius 1 is 1.30 bits per heavy atom. The molecule has 1 amide bonds. The molecule has 0 spiro atoms. The maximum atomic E-state index is 14.3. The normalized spacial score (nSPS) is 19.2. The van der Waals surface area contributed by atoms with Crippen LogP contribution in [0.2, 0.25) is 0 Å². The van der Waals surface area contributed by atoms with Gasteiger partial charge in [-0.05, 0) is 25.0 Å². The second-order valence-electron chi connectivity index (χ2n) is 8.15. The van der Waals surface area contributed by atoms with Gasteiger partial charge >= 0.3 is 0 Å². The maximum Gasteiger partial charge on any atom is 0.255 e. The SMILES string of the molecule is CC(=O)N1CCC[C@@H](Oc2nc(Nc3cccc(OCCN4CCOCC4)c3)ncc2F)C1. The van der Waals surface area contributed by atoms with Crippen molar-refractivity contribution in [2.75, 3.05) is 57.9 Å². The van der Waals surface area contributed by atoms with Gasteiger partial charge in [-0.2, -0.15) is 9.37 Å². The summed E-state index contributed by atoms with van der Waals surface area (Å²) in [5, 5.41) is 3.08. The minimum Gasteiger partial charge on any atom is -0.492 e. The zero-order valence-electron chi connectivity index (χ0n) is 18.8. The zero-order chi connectivity index (χ0) is 23.0. The standard InChI is InChI=1S/C23H30FN5O4/c1-17(30)29-7-3-6-20(16-29)33-22-21(24)15-25-23(27-22)26-18-4-2-5-19(14-18)32-13-10-28-8-11-31-12-9-28/h2,4-5,14-15,20H,3,6-13,16H2,1H3,(H,25,26,27)/t20-/m1/s1. The van der Waals surface area contributed by atoms with Crippen LogP contribution in [0.1, 0.15) is 19.8 Å². The first-order chi connectivity index (χ1) is 16.1. The van der Waals surface area contributed by atoms with E-state index in [2.05, 4.69) is 20.2 Å². The van der Waals surface area contributed by atoms with Gasteiger partial charge in [0.2, 0.25) is 17.7 Å². The lowest BCUT2D eigenvalue weighted by molar-refractivity contribution is -0.131. The molecule has 2 saturated heterocycles. The summed E-state index contributed by atoms with van der Waals surface area (Å²) < 4.78 is 31.3. The first kappa shape index (κ1) is 23.2. The minimum atomic E-state index is -0.638. The summed E-state index contributed by atoms with van der Waals surface area (Å²) in [6.07, 6.45) is 2.32. The minimum absolute atomic E-state index is 0.0131. The topological polar surface area (TPSA) is 89.1 Å². The van der Waals surface area contributed by atoms with Crippen LogP contribution in [0.25, 0.3) is 0 Å². The van der Waals surface area contributed by atoms with Crippen LogP contribution < -0.4 is 14.8 Å². The predicted octanol–water partition coefficient (Wildman–Crippen LogP) is 2.46. The van der Waals surface area contributed by atoms with Gasteiger partial charge in [-0.15, -0.1) is 0 Å². The molecule has 3 heterocycles. The lowest BCUT2D eigenvalue weighted by atomic mass is 10.1. The lowest BCUT2D eigenvalue weighted by Gasteiger charge is -2.31. The number of rotatable bonds is 8. The first-order valence-corrected chi connectivity index (χ1v) is 11.3. The van der Waals surface area contributed by atoms with E-state index in [4.69, 9.17) is 14.2 Å². The Bertz CT molecular complexity index is 941. The Kier molecular flexibility index (Phi) is 7.90. The Labute approximate surface area is 192 Å². The molecule has 178 valence electrons. The summed E-state index contributed by atoms with van der Waals surface area (Å²) in [6, 6.07) is 7.45. The molecule has 4 rings (SSSR count). The van der Waals surface area contributed by atoms with E-state index in [0.29, 0.717) is 19.7 Å². The molecule has 10 heteroatoms. The number of anilines is 2. The lowest BCUT2D eigenvalue weighted by Crippen LogP contribution is -2.43. The van der Waals surface area contributed by atoms with E-state index in [1.165, 1.54) is 6.92 Å². The van der Waals surface area contributed by atoms with Gasteiger partial charge < -0.3 is 24.4 Å². The summed E-state index contributed by atoms with van der Waals surface area (Å²) in [5.74, 6) is 0.164. The molecule has 2 aromatic rings. The molecular formula is C23H30FN5O4. The smallest absolute Gasteiger partial charge is 0.255 e. The molecule has 0 bridgehead atoms. The molecule has 2 aliphatic rings. The van der Waals surface area contributed by atoms with Crippen molar-refractivity contribution in [1.29, 1.82) is 0 Å². The number of morpholine rings is 1. The molecule has 9 nitrogen and oxygen atoms in total. The number of carbonyl (C=O) groups is 1. The number of hydrogen-bond donors (Lipinski definition) is 1. The number of likely N-dealkylation sites (tertiary alicyclic amines) is 1. The second kappa shape index (κ2) is 11.2. The number of benzene rings is 1. The molecule has 1 aromatic heterocycles. The van der Waals surface area contributed by atoms with Crippen molar-refractivity contribution in [2.24, 2.45) is 0 Å². The molecule has 1 atom stereocenters. The molecule has 0 radical (unpaired) electrons. The number of ether oxygens (including phenoxy) is 3. The van der Waals surface area contributed by atoms with Crippen LogP contribution in [0, 0.1) is 5.82 Å². The largest absolute Gasteiger partial charge is 0.492 e. The van der Waals surface area contributed by atoms with E-state index in [1.54, 1.807) is 4.90 Å². The van der Waals surface area contributed by atoms with Gasteiger partial charge in [-0.1, -0.05) is 6.07 Å². The third-order valence-electron chi connectivity index (χ3n) is 5.68.